The van der Waals surface area contributed by atoms with Crippen molar-refractivity contribution in [2.75, 3.05) is 0 Å². The molecule has 4 atom stereocenters. The first-order chi connectivity index (χ1) is 13.3. The Labute approximate surface area is 169 Å². The minimum Gasteiger partial charge on any atom is -0.481 e. The molecule has 0 aliphatic heterocycles. The van der Waals surface area contributed by atoms with Crippen LogP contribution >= 0.6 is 0 Å². The van der Waals surface area contributed by atoms with Gasteiger partial charge in [-0.1, -0.05) is 29.9 Å². The van der Waals surface area contributed by atoms with Gasteiger partial charge in [0.25, 0.3) is 0 Å². The van der Waals surface area contributed by atoms with Gasteiger partial charge in [0, 0.05) is 13.3 Å². The van der Waals surface area contributed by atoms with Crippen LogP contribution in [0.1, 0.15) is 72.1 Å². The number of hydrogen-bond donors (Lipinski definition) is 2. The number of carbonyl (C=O) groups is 2. The fraction of sp³-hybridized carbons (Fsp3) is 0.652. The first-order valence-corrected chi connectivity index (χ1v) is 10.3. The molecule has 0 spiro atoms. The van der Waals surface area contributed by atoms with Crippen molar-refractivity contribution in [3.8, 4) is 0 Å². The molecular weight excluding hydrogens is 356 g/mol. The standard InChI is InChI=1S/C23H36O5/c1-17(2)9-8-10-20(28-18(3)24)15-13-19-14-16-22(25)21(19)11-6-4-5-7-12-23(26)27/h4,6,9,13,15,19-22,25H,5,7-8,10-12,14,16H2,1-3H3,(H,26,27)/t19-,20-,21+,22?/m0/s1. The van der Waals surface area contributed by atoms with Crippen LogP contribution in [0.4, 0.5) is 0 Å². The molecular formula is C23H36O5. The van der Waals surface area contributed by atoms with Gasteiger partial charge in [0.15, 0.2) is 0 Å². The van der Waals surface area contributed by atoms with Crippen molar-refractivity contribution in [1.82, 2.24) is 0 Å². The first-order valence-electron chi connectivity index (χ1n) is 10.3. The Balaban J connectivity index is 2.58. The highest BCUT2D eigenvalue weighted by molar-refractivity contribution is 5.66. The number of unbranched alkanes of at least 4 members (excludes halogenated alkanes) is 1. The van der Waals surface area contributed by atoms with Crippen molar-refractivity contribution in [3.63, 3.8) is 0 Å². The second-order valence-corrected chi connectivity index (χ2v) is 7.86. The van der Waals surface area contributed by atoms with E-state index in [2.05, 4.69) is 32.1 Å². The number of hydrogen-bond acceptors (Lipinski definition) is 4. The number of carboxylic acid groups (broad SMARTS) is 1. The zero-order valence-corrected chi connectivity index (χ0v) is 17.5. The predicted molar refractivity (Wildman–Crippen MR) is 111 cm³/mol. The maximum atomic E-state index is 11.4. The summed E-state index contributed by atoms with van der Waals surface area (Å²) in [6.45, 7) is 5.53. The van der Waals surface area contributed by atoms with Gasteiger partial charge in [-0.15, -0.1) is 0 Å². The van der Waals surface area contributed by atoms with E-state index in [1.54, 1.807) is 0 Å². The summed E-state index contributed by atoms with van der Waals surface area (Å²) >= 11 is 0. The van der Waals surface area contributed by atoms with Crippen molar-refractivity contribution in [1.29, 1.82) is 0 Å². The number of esters is 1. The van der Waals surface area contributed by atoms with Gasteiger partial charge in [0.2, 0.25) is 0 Å². The molecule has 158 valence electrons. The first kappa shape index (κ1) is 24.2. The van der Waals surface area contributed by atoms with Gasteiger partial charge >= 0.3 is 11.9 Å². The van der Waals surface area contributed by atoms with E-state index in [0.717, 1.165) is 38.5 Å². The molecule has 0 aromatic carbocycles. The molecule has 1 unspecified atom stereocenters. The Morgan fingerprint density at radius 3 is 2.54 bits per heavy atom. The summed E-state index contributed by atoms with van der Waals surface area (Å²) in [5, 5.41) is 19.0. The highest BCUT2D eigenvalue weighted by Gasteiger charge is 2.32. The van der Waals surface area contributed by atoms with Crippen LogP contribution in [0, 0.1) is 11.8 Å². The zero-order valence-electron chi connectivity index (χ0n) is 17.5. The Hall–Kier alpha value is -1.88. The summed E-state index contributed by atoms with van der Waals surface area (Å²) in [5.74, 6) is -0.626. The lowest BCUT2D eigenvalue weighted by atomic mass is 9.90. The molecule has 1 rings (SSSR count). The van der Waals surface area contributed by atoms with Crippen LogP contribution in [0.25, 0.3) is 0 Å². The summed E-state index contributed by atoms with van der Waals surface area (Å²) in [6, 6.07) is 0. The van der Waals surface area contributed by atoms with Crippen LogP contribution in [-0.4, -0.2) is 34.4 Å². The zero-order chi connectivity index (χ0) is 20.9. The number of carbonyl (C=O) groups excluding carboxylic acids is 1. The lowest BCUT2D eigenvalue weighted by Gasteiger charge is -2.19. The van der Waals surface area contributed by atoms with Crippen LogP contribution in [0.15, 0.2) is 36.0 Å². The fourth-order valence-corrected chi connectivity index (χ4v) is 3.60. The lowest BCUT2D eigenvalue weighted by molar-refractivity contribution is -0.144. The third-order valence-corrected chi connectivity index (χ3v) is 5.07. The van der Waals surface area contributed by atoms with Crippen LogP contribution in [0.2, 0.25) is 0 Å². The van der Waals surface area contributed by atoms with Crippen molar-refractivity contribution in [2.24, 2.45) is 11.8 Å². The lowest BCUT2D eigenvalue weighted by Crippen LogP contribution is -2.18. The molecule has 0 aromatic heterocycles. The Morgan fingerprint density at radius 2 is 1.89 bits per heavy atom. The molecule has 1 saturated carbocycles. The molecule has 5 heteroatoms. The van der Waals surface area contributed by atoms with Crippen molar-refractivity contribution in [2.45, 2.75) is 84.3 Å². The maximum absolute atomic E-state index is 11.4. The number of ether oxygens (including phenoxy) is 1. The van der Waals surface area contributed by atoms with Gasteiger partial charge in [-0.3, -0.25) is 9.59 Å². The molecule has 28 heavy (non-hydrogen) atoms. The SMILES string of the molecule is CC(=O)O[C@H](C=C[C@H]1CCC(O)[C@@H]1CC=CCCCC(=O)O)CCC=C(C)C. The monoisotopic (exact) mass is 392 g/mol. The molecule has 0 radical (unpaired) electrons. The quantitative estimate of drug-likeness (QED) is 0.283. The van der Waals surface area contributed by atoms with Crippen molar-refractivity contribution >= 4 is 11.9 Å². The molecule has 0 aromatic rings. The van der Waals surface area contributed by atoms with Gasteiger partial charge < -0.3 is 14.9 Å². The molecule has 1 aliphatic carbocycles. The van der Waals surface area contributed by atoms with E-state index in [1.807, 2.05) is 12.2 Å². The minimum absolute atomic E-state index is 0.155. The fourth-order valence-electron chi connectivity index (χ4n) is 3.60. The molecule has 1 fully saturated rings. The Kier molecular flexibility index (Phi) is 11.5. The molecule has 0 heterocycles. The second-order valence-electron chi connectivity index (χ2n) is 7.86. The summed E-state index contributed by atoms with van der Waals surface area (Å²) in [6.07, 6.45) is 15.4. The number of rotatable bonds is 12. The average Bonchev–Trinajstić information content (AvgIpc) is 2.94. The van der Waals surface area contributed by atoms with Gasteiger partial charge in [-0.05, 0) is 76.7 Å². The third kappa shape index (κ3) is 10.5. The summed E-state index contributed by atoms with van der Waals surface area (Å²) < 4.78 is 5.42. The third-order valence-electron chi connectivity index (χ3n) is 5.07. The van der Waals surface area contributed by atoms with Gasteiger partial charge in [0.05, 0.1) is 6.10 Å². The molecule has 0 amide bonds. The smallest absolute Gasteiger partial charge is 0.303 e. The predicted octanol–water partition coefficient (Wildman–Crippen LogP) is 4.81. The molecule has 5 nitrogen and oxygen atoms in total. The minimum atomic E-state index is -0.767. The normalized spacial score (nSPS) is 23.2. The summed E-state index contributed by atoms with van der Waals surface area (Å²) in [4.78, 5) is 21.9. The molecule has 1 aliphatic rings. The molecule has 2 N–H and O–H groups in total. The van der Waals surface area contributed by atoms with Gasteiger partial charge in [-0.25, -0.2) is 0 Å². The number of aliphatic hydroxyl groups excluding tert-OH is 1. The van der Waals surface area contributed by atoms with Crippen LogP contribution < -0.4 is 0 Å². The maximum Gasteiger partial charge on any atom is 0.303 e. The van der Waals surface area contributed by atoms with Gasteiger partial charge in [-0.2, -0.15) is 0 Å². The summed E-state index contributed by atoms with van der Waals surface area (Å²) in [7, 11) is 0. The topological polar surface area (TPSA) is 83.8 Å². The van der Waals surface area contributed by atoms with Crippen LogP contribution in [-0.2, 0) is 14.3 Å². The van der Waals surface area contributed by atoms with E-state index in [1.165, 1.54) is 12.5 Å². The summed E-state index contributed by atoms with van der Waals surface area (Å²) in [5.41, 5.74) is 1.25. The van der Waals surface area contributed by atoms with E-state index in [0.29, 0.717) is 6.42 Å². The van der Waals surface area contributed by atoms with E-state index in [-0.39, 0.29) is 36.4 Å². The largest absolute Gasteiger partial charge is 0.481 e. The number of allylic oxidation sites excluding steroid dienone is 5. The number of carboxylic acids is 1. The molecule has 0 bridgehead atoms. The Bertz CT molecular complexity index is 572. The highest BCUT2D eigenvalue weighted by atomic mass is 16.5. The van der Waals surface area contributed by atoms with Crippen molar-refractivity contribution < 1.29 is 24.5 Å². The van der Waals surface area contributed by atoms with E-state index >= 15 is 0 Å². The second kappa shape index (κ2) is 13.3. The van der Waals surface area contributed by atoms with E-state index in [4.69, 9.17) is 9.84 Å². The van der Waals surface area contributed by atoms with Crippen LogP contribution in [0.3, 0.4) is 0 Å². The van der Waals surface area contributed by atoms with Gasteiger partial charge in [0.1, 0.15) is 6.10 Å². The van der Waals surface area contributed by atoms with Crippen molar-refractivity contribution in [3.05, 3.63) is 36.0 Å². The highest BCUT2D eigenvalue weighted by Crippen LogP contribution is 2.36. The average molecular weight is 393 g/mol. The number of aliphatic hydroxyl groups is 1. The van der Waals surface area contributed by atoms with E-state index in [9.17, 15) is 14.7 Å². The van der Waals surface area contributed by atoms with Crippen LogP contribution in [0.5, 0.6) is 0 Å². The Morgan fingerprint density at radius 1 is 1.14 bits per heavy atom. The number of aliphatic carboxylic acids is 1. The van der Waals surface area contributed by atoms with E-state index < -0.39 is 5.97 Å². The molecule has 0 saturated heterocycles.